The highest BCUT2D eigenvalue weighted by molar-refractivity contribution is 6.59. The van der Waals surface area contributed by atoms with Crippen molar-refractivity contribution in [2.45, 2.75) is 26.4 Å². The van der Waals surface area contributed by atoms with Gasteiger partial charge in [-0.25, -0.2) is 4.57 Å². The van der Waals surface area contributed by atoms with Gasteiger partial charge in [0.15, 0.2) is 37.9 Å². The number of benzene rings is 2. The molecule has 0 fully saturated rings. The predicted octanol–water partition coefficient (Wildman–Crippen LogP) is 0.423. The van der Waals surface area contributed by atoms with Crippen LogP contribution >= 0.6 is 0 Å². The standard InChI is InChI=1S/C32H33B2N4O6/c1-23(2)31(39)35-14-8-15-36-32(40)28-17-27(21-38(22-28)20-26-10-4-6-13-30(26)44-33-41)24-11-7-16-37(18-24)19-25-9-3-5-12-29(25)34(42)43/h3-7,9-13,16-18,21-22,41-43H,1,8,14-15,19-20H2,2H3/p+2. The first-order chi connectivity index (χ1) is 21.2. The van der Waals surface area contributed by atoms with Gasteiger partial charge < -0.3 is 30.4 Å². The van der Waals surface area contributed by atoms with Crippen LogP contribution in [-0.2, 0) is 17.9 Å². The summed E-state index contributed by atoms with van der Waals surface area (Å²) in [7, 11) is -0.948. The first-order valence-electron chi connectivity index (χ1n) is 14.1. The van der Waals surface area contributed by atoms with E-state index in [0.717, 1.165) is 22.3 Å². The van der Waals surface area contributed by atoms with Crippen molar-refractivity contribution in [3.8, 4) is 16.9 Å². The maximum absolute atomic E-state index is 13.3. The third-order valence-corrected chi connectivity index (χ3v) is 6.88. The fourth-order valence-electron chi connectivity index (χ4n) is 4.68. The Hall–Kier alpha value is -4.77. The summed E-state index contributed by atoms with van der Waals surface area (Å²) in [5.74, 6) is -0.00280. The number of nitrogens with zero attached hydrogens (tertiary/aromatic N) is 2. The molecule has 2 heterocycles. The normalized spacial score (nSPS) is 10.5. The molecule has 0 aliphatic carbocycles. The predicted molar refractivity (Wildman–Crippen MR) is 167 cm³/mol. The molecule has 4 rings (SSSR count). The zero-order valence-electron chi connectivity index (χ0n) is 24.5. The van der Waals surface area contributed by atoms with E-state index in [4.69, 9.17) is 4.65 Å². The molecule has 12 heteroatoms. The van der Waals surface area contributed by atoms with Gasteiger partial charge in [-0.1, -0.05) is 43.0 Å². The lowest BCUT2D eigenvalue weighted by atomic mass is 9.77. The van der Waals surface area contributed by atoms with E-state index in [1.54, 1.807) is 37.4 Å². The summed E-state index contributed by atoms with van der Waals surface area (Å²) >= 11 is 0. The summed E-state index contributed by atoms with van der Waals surface area (Å²) < 4.78 is 9.09. The summed E-state index contributed by atoms with van der Waals surface area (Å²) in [4.78, 5) is 25.0. The molecule has 0 aliphatic rings. The molecule has 0 bridgehead atoms. The number of amides is 2. The zero-order valence-corrected chi connectivity index (χ0v) is 24.5. The molecular formula is C32H35B2N4O6+2. The van der Waals surface area contributed by atoms with Gasteiger partial charge in [0.25, 0.3) is 5.91 Å². The molecule has 223 valence electrons. The second-order valence-electron chi connectivity index (χ2n) is 10.3. The van der Waals surface area contributed by atoms with Crippen LogP contribution in [0.2, 0.25) is 0 Å². The topological polar surface area (TPSA) is 136 Å². The molecule has 0 spiro atoms. The van der Waals surface area contributed by atoms with E-state index in [-0.39, 0.29) is 11.8 Å². The number of pyridine rings is 2. The van der Waals surface area contributed by atoms with Crippen LogP contribution < -0.4 is 29.9 Å². The fraction of sp³-hybridized carbons (Fsp3) is 0.188. The molecule has 2 amide bonds. The minimum absolute atomic E-state index is 0.218. The Labute approximate surface area is 257 Å². The maximum Gasteiger partial charge on any atom is 0.569 e. The van der Waals surface area contributed by atoms with Crippen LogP contribution in [-0.4, -0.2) is 54.8 Å². The third-order valence-electron chi connectivity index (χ3n) is 6.88. The molecule has 0 saturated heterocycles. The minimum Gasteiger partial charge on any atom is -0.537 e. The molecular weight excluding hydrogens is 558 g/mol. The van der Waals surface area contributed by atoms with E-state index in [1.807, 2.05) is 70.2 Å². The summed E-state index contributed by atoms with van der Waals surface area (Å²) in [5.41, 5.74) is 4.48. The number of aromatic nitrogens is 2. The Balaban J connectivity index is 1.61. The highest BCUT2D eigenvalue weighted by Crippen LogP contribution is 2.20. The average Bonchev–Trinajstić information content (AvgIpc) is 3.02. The number of carbonyl (C=O) groups is 2. The first-order valence-corrected chi connectivity index (χ1v) is 14.1. The van der Waals surface area contributed by atoms with Gasteiger partial charge in [-0.05, 0) is 43.1 Å². The third kappa shape index (κ3) is 8.87. The summed E-state index contributed by atoms with van der Waals surface area (Å²) in [6, 6.07) is 20.1. The van der Waals surface area contributed by atoms with E-state index in [0.29, 0.717) is 62.6 Å². The Bertz CT molecular complexity index is 1630. The van der Waals surface area contributed by atoms with Crippen LogP contribution in [0.3, 0.4) is 0 Å². The van der Waals surface area contributed by atoms with Gasteiger partial charge in [-0.15, -0.1) is 0 Å². The zero-order chi connectivity index (χ0) is 31.5. The maximum atomic E-state index is 13.3. The fourth-order valence-corrected chi connectivity index (χ4v) is 4.68. The van der Waals surface area contributed by atoms with E-state index < -0.39 is 7.12 Å². The van der Waals surface area contributed by atoms with Gasteiger partial charge >= 0.3 is 14.8 Å². The minimum atomic E-state index is -1.58. The van der Waals surface area contributed by atoms with Crippen molar-refractivity contribution in [2.24, 2.45) is 0 Å². The Morgan fingerprint density at radius 3 is 2.32 bits per heavy atom. The van der Waals surface area contributed by atoms with Crippen LogP contribution in [0.15, 0.2) is 104 Å². The average molecular weight is 593 g/mol. The number of nitrogens with one attached hydrogen (secondary N) is 2. The lowest BCUT2D eigenvalue weighted by molar-refractivity contribution is -0.689. The molecule has 2 aromatic heterocycles. The van der Waals surface area contributed by atoms with E-state index in [9.17, 15) is 24.7 Å². The number of para-hydroxylation sites is 1. The van der Waals surface area contributed by atoms with Gasteiger partial charge in [0.1, 0.15) is 11.3 Å². The van der Waals surface area contributed by atoms with Gasteiger partial charge in [-0.2, -0.15) is 4.57 Å². The monoisotopic (exact) mass is 593 g/mol. The Morgan fingerprint density at radius 2 is 1.57 bits per heavy atom. The van der Waals surface area contributed by atoms with Crippen molar-refractivity contribution in [2.75, 3.05) is 13.1 Å². The highest BCUT2D eigenvalue weighted by atomic mass is 16.5. The van der Waals surface area contributed by atoms with Crippen LogP contribution in [0.1, 0.15) is 34.8 Å². The van der Waals surface area contributed by atoms with Gasteiger partial charge in [0.2, 0.25) is 5.91 Å². The van der Waals surface area contributed by atoms with Crippen LogP contribution in [0.25, 0.3) is 11.1 Å². The molecule has 0 aliphatic heterocycles. The number of carbonyl (C=O) groups excluding carboxylic acids is 2. The second-order valence-corrected chi connectivity index (χ2v) is 10.3. The Morgan fingerprint density at radius 1 is 0.886 bits per heavy atom. The summed E-state index contributed by atoms with van der Waals surface area (Å²) in [6.07, 6.45) is 8.05. The second kappa shape index (κ2) is 15.6. The number of hydrogen-bond donors (Lipinski definition) is 5. The van der Waals surface area contributed by atoms with Crippen LogP contribution in [0.4, 0.5) is 0 Å². The quantitative estimate of drug-likeness (QED) is 0.0623. The molecule has 0 unspecified atom stereocenters. The summed E-state index contributed by atoms with van der Waals surface area (Å²) in [5, 5.41) is 34.5. The number of hydrogen-bond acceptors (Lipinski definition) is 6. The molecule has 1 radical (unpaired) electrons. The Kier molecular flexibility index (Phi) is 11.4. The number of rotatable bonds is 14. The van der Waals surface area contributed by atoms with E-state index >= 15 is 0 Å². The van der Waals surface area contributed by atoms with Crippen molar-refractivity contribution < 1.29 is 38.4 Å². The molecule has 10 nitrogen and oxygen atoms in total. The molecule has 4 aromatic rings. The first kappa shape index (κ1) is 32.2. The van der Waals surface area contributed by atoms with Crippen molar-refractivity contribution in [3.63, 3.8) is 0 Å². The van der Waals surface area contributed by atoms with Crippen LogP contribution in [0, 0.1) is 0 Å². The molecule has 5 N–H and O–H groups in total. The molecule has 44 heavy (non-hydrogen) atoms. The van der Waals surface area contributed by atoms with Crippen molar-refractivity contribution >= 4 is 32.1 Å². The largest absolute Gasteiger partial charge is 0.569 e. The lowest BCUT2D eigenvalue weighted by Gasteiger charge is -2.10. The van der Waals surface area contributed by atoms with Gasteiger partial charge in [0.05, 0.1) is 16.7 Å². The molecule has 0 atom stereocenters. The van der Waals surface area contributed by atoms with Crippen molar-refractivity contribution in [3.05, 3.63) is 120 Å². The van der Waals surface area contributed by atoms with Crippen molar-refractivity contribution in [1.82, 2.24) is 10.6 Å². The SMILES string of the molecule is C=C(C)C(=O)NCCCNC(=O)c1cc(-c2ccc[n+](Cc3ccccc3B(O)O)c2)c[n+](Cc2ccccc2O[B]O)c1. The van der Waals surface area contributed by atoms with Gasteiger partial charge in [-0.3, -0.25) is 9.59 Å². The van der Waals surface area contributed by atoms with Crippen LogP contribution in [0.5, 0.6) is 5.75 Å². The molecule has 0 saturated carbocycles. The van der Waals surface area contributed by atoms with E-state index in [2.05, 4.69) is 17.2 Å². The summed E-state index contributed by atoms with van der Waals surface area (Å²) in [6.45, 7) is 6.80. The molecule has 2 aromatic carbocycles. The van der Waals surface area contributed by atoms with Crippen molar-refractivity contribution in [1.29, 1.82) is 0 Å². The lowest BCUT2D eigenvalue weighted by Crippen LogP contribution is -2.40. The smallest absolute Gasteiger partial charge is 0.537 e. The highest BCUT2D eigenvalue weighted by Gasteiger charge is 2.20. The van der Waals surface area contributed by atoms with Gasteiger partial charge in [0, 0.05) is 30.3 Å². The van der Waals surface area contributed by atoms with E-state index in [1.165, 1.54) is 0 Å².